The lowest BCUT2D eigenvalue weighted by Crippen LogP contribution is -2.70. The van der Waals surface area contributed by atoms with Crippen LogP contribution in [0.1, 0.15) is 62.0 Å². The van der Waals surface area contributed by atoms with E-state index in [0.29, 0.717) is 60.6 Å². The van der Waals surface area contributed by atoms with Gasteiger partial charge < -0.3 is 43.8 Å². The third-order valence-corrected chi connectivity index (χ3v) is 13.8. The highest BCUT2D eigenvalue weighted by molar-refractivity contribution is 7.98. The first-order chi connectivity index (χ1) is 34.5. The van der Waals surface area contributed by atoms with Crippen LogP contribution in [0, 0.1) is 38.0 Å². The van der Waals surface area contributed by atoms with Crippen LogP contribution in [-0.2, 0) is 20.9 Å². The molecule has 3 aliphatic rings. The maximum absolute atomic E-state index is 14.9. The Bertz CT molecular complexity index is 2510. The van der Waals surface area contributed by atoms with Crippen LogP contribution in [0.5, 0.6) is 23.0 Å². The van der Waals surface area contributed by atoms with Crippen LogP contribution in [0.4, 0.5) is 16.2 Å². The normalized spacial score (nSPS) is 21.5. The topological polar surface area (TPSA) is 235 Å². The van der Waals surface area contributed by atoms with Crippen LogP contribution in [-0.4, -0.2) is 106 Å². The molecular weight excluding hydrogens is 937 g/mol. The molecule has 2 aliphatic carbocycles. The van der Waals surface area contributed by atoms with E-state index in [1.165, 1.54) is 41.3 Å². The van der Waals surface area contributed by atoms with E-state index in [-0.39, 0.29) is 88.2 Å². The predicted octanol–water partition coefficient (Wildman–Crippen LogP) is 9.36. The Kier molecular flexibility index (Phi) is 18.6. The first-order valence-electron chi connectivity index (χ1n) is 23.7. The molecule has 0 radical (unpaired) electrons. The molecule has 0 aromatic heterocycles. The number of aliphatic hydroxyl groups is 3. The first kappa shape index (κ1) is 52.5. The molecule has 3 N–H and O–H groups in total. The van der Waals surface area contributed by atoms with Crippen LogP contribution < -0.4 is 14.2 Å². The molecule has 18 nitrogen and oxygen atoms in total. The quantitative estimate of drug-likeness (QED) is 0.0175. The fourth-order valence-corrected chi connectivity index (χ4v) is 10.3. The average Bonchev–Trinajstić information content (AvgIpc) is 3.37. The number of oxime groups is 1. The average molecular weight is 997 g/mol. The van der Waals surface area contributed by atoms with Crippen molar-refractivity contribution in [2.45, 2.75) is 74.2 Å². The van der Waals surface area contributed by atoms with Crippen LogP contribution >= 0.6 is 11.8 Å². The van der Waals surface area contributed by atoms with Crippen molar-refractivity contribution in [2.24, 2.45) is 22.9 Å². The van der Waals surface area contributed by atoms with Crippen molar-refractivity contribution >= 4 is 34.9 Å². The van der Waals surface area contributed by atoms with E-state index in [0.717, 1.165) is 22.5 Å². The van der Waals surface area contributed by atoms with E-state index in [9.17, 15) is 40.3 Å². The van der Waals surface area contributed by atoms with Crippen LogP contribution in [0.3, 0.4) is 0 Å². The number of allylic oxidation sites excluding steroid dienone is 1. The van der Waals surface area contributed by atoms with Gasteiger partial charge in [-0.05, 0) is 122 Å². The van der Waals surface area contributed by atoms with Gasteiger partial charge in [-0.1, -0.05) is 30.1 Å². The Morgan fingerprint density at radius 1 is 0.873 bits per heavy atom. The van der Waals surface area contributed by atoms with Crippen molar-refractivity contribution in [3.63, 3.8) is 0 Å². The maximum atomic E-state index is 14.9. The third kappa shape index (κ3) is 12.6. The molecule has 1 saturated carbocycles. The Morgan fingerprint density at radius 2 is 1.54 bits per heavy atom. The molecule has 1 fully saturated rings. The predicted molar refractivity (Wildman–Crippen MR) is 265 cm³/mol. The number of hydrogen-bond acceptors (Lipinski definition) is 16. The second-order valence-electron chi connectivity index (χ2n) is 17.4. The van der Waals surface area contributed by atoms with E-state index in [1.807, 2.05) is 48.7 Å². The number of rotatable bonds is 26. The number of nitro groups is 2. The molecule has 0 bridgehead atoms. The van der Waals surface area contributed by atoms with Gasteiger partial charge >= 0.3 is 6.09 Å². The Hall–Kier alpha value is -6.35. The summed E-state index contributed by atoms with van der Waals surface area (Å²) in [5, 5.41) is 57.4. The number of nitrogens with zero attached hydrogens (tertiary/aromatic N) is 4. The van der Waals surface area contributed by atoms with Gasteiger partial charge in [0.05, 0.1) is 47.9 Å². The zero-order valence-electron chi connectivity index (χ0n) is 39.5. The lowest BCUT2D eigenvalue weighted by molar-refractivity contribution is -0.385. The number of amides is 1. The summed E-state index contributed by atoms with van der Waals surface area (Å²) in [4.78, 5) is 45.5. The molecule has 6 unspecified atom stereocenters. The van der Waals surface area contributed by atoms with Crippen molar-refractivity contribution in [3.8, 4) is 23.0 Å². The van der Waals surface area contributed by atoms with Crippen molar-refractivity contribution in [1.82, 2.24) is 4.90 Å². The number of benzene rings is 4. The molecule has 1 heterocycles. The summed E-state index contributed by atoms with van der Waals surface area (Å²) in [5.41, 5.74) is 2.42. The number of non-ortho nitro benzene ring substituents is 2. The lowest BCUT2D eigenvalue weighted by atomic mass is 9.55. The monoisotopic (exact) mass is 996 g/mol. The zero-order chi connectivity index (χ0) is 50.3. The van der Waals surface area contributed by atoms with Crippen LogP contribution in [0.2, 0.25) is 0 Å². The first-order valence-corrected chi connectivity index (χ1v) is 24.9. The van der Waals surface area contributed by atoms with Gasteiger partial charge in [0.1, 0.15) is 35.6 Å². The van der Waals surface area contributed by atoms with Crippen molar-refractivity contribution < 1.29 is 58.5 Å². The van der Waals surface area contributed by atoms with Crippen molar-refractivity contribution in [2.75, 3.05) is 52.4 Å². The minimum atomic E-state index is -1.68. The standard InChI is InChI=1S/C52H60N4O14S/c1-3-28-66-52-48(54(24-29-65-30-27-59)51(60)69-40-16-14-38(15-17-40)56(63)64)33-46(53-67-34-35-10-12-37(13-11-35)55(61)62)44-31-36(8-4-6-25-57)43(9-5-7-26-58)49(50(44)52)45-32-41(20-23-47(45)70-52)68-39-18-21-42(71-2)22-19-39/h3,10-23,31-32,36,43,48-50,57-59H,1,4-9,24-30,33-34H2,2H3. The maximum Gasteiger partial charge on any atom is 0.415 e. The van der Waals surface area contributed by atoms with Crippen LogP contribution in [0.15, 0.2) is 125 Å². The highest BCUT2D eigenvalue weighted by Crippen LogP contribution is 2.62. The van der Waals surface area contributed by atoms with E-state index in [4.69, 9.17) is 33.7 Å². The fourth-order valence-electron chi connectivity index (χ4n) is 9.89. The van der Waals surface area contributed by atoms with Gasteiger partial charge in [0.15, 0.2) is 0 Å². The molecule has 378 valence electrons. The molecule has 6 atom stereocenters. The van der Waals surface area contributed by atoms with Gasteiger partial charge in [-0.15, -0.1) is 18.3 Å². The van der Waals surface area contributed by atoms with Crippen LogP contribution in [0.25, 0.3) is 0 Å². The van der Waals surface area contributed by atoms with E-state index >= 15 is 0 Å². The summed E-state index contributed by atoms with van der Waals surface area (Å²) in [6.45, 7) is 3.54. The van der Waals surface area contributed by atoms with E-state index in [2.05, 4.69) is 12.7 Å². The Morgan fingerprint density at radius 3 is 2.18 bits per heavy atom. The molecular formula is C52H60N4O14S. The highest BCUT2D eigenvalue weighted by Gasteiger charge is 2.65. The molecule has 0 spiro atoms. The summed E-state index contributed by atoms with van der Waals surface area (Å²) in [6.07, 6.45) is 8.89. The Labute approximate surface area is 416 Å². The van der Waals surface area contributed by atoms with Crippen molar-refractivity contribution in [1.29, 1.82) is 0 Å². The number of carbonyl (C=O) groups excluding carboxylic acids is 1. The summed E-state index contributed by atoms with van der Waals surface area (Å²) in [7, 11) is 0. The minimum Gasteiger partial charge on any atom is -0.459 e. The zero-order valence-corrected chi connectivity index (χ0v) is 40.4. The fraction of sp³-hybridized carbons (Fsp3) is 0.423. The molecule has 71 heavy (non-hydrogen) atoms. The molecule has 7 rings (SSSR count). The van der Waals surface area contributed by atoms with E-state index in [1.54, 1.807) is 30.0 Å². The molecule has 19 heteroatoms. The van der Waals surface area contributed by atoms with Gasteiger partial charge in [-0.25, -0.2) is 4.79 Å². The lowest BCUT2D eigenvalue weighted by Gasteiger charge is -2.59. The second-order valence-corrected chi connectivity index (χ2v) is 18.3. The smallest absolute Gasteiger partial charge is 0.415 e. The number of fused-ring (bicyclic) bond motifs is 2. The molecule has 4 aromatic rings. The molecule has 4 aromatic carbocycles. The van der Waals surface area contributed by atoms with E-state index < -0.39 is 39.6 Å². The van der Waals surface area contributed by atoms with Gasteiger partial charge in [-0.2, -0.15) is 0 Å². The number of aliphatic hydroxyl groups excluding tert-OH is 3. The molecule has 0 saturated heterocycles. The van der Waals surface area contributed by atoms with Gasteiger partial charge in [0, 0.05) is 66.8 Å². The van der Waals surface area contributed by atoms with Gasteiger partial charge in [0.2, 0.25) is 5.79 Å². The number of hydrogen-bond donors (Lipinski definition) is 3. The minimum absolute atomic E-state index is 0.00560. The SMILES string of the molecule is C=CCOC12Oc3ccc(Oc4ccc(SC)cc4)cc3C3C(CCCCO)C(CCCCO)C=C(C(=NOCc4ccc([N+](=O)[O-])cc4)CC1N(CCOCCO)C(=O)Oc1ccc([N+](=O)[O-])cc1)C32. The van der Waals surface area contributed by atoms with Crippen molar-refractivity contribution in [3.05, 3.63) is 147 Å². The molecule has 1 aliphatic heterocycles. The van der Waals surface area contributed by atoms with Gasteiger partial charge in [0.25, 0.3) is 11.4 Å². The molecule has 1 amide bonds. The highest BCUT2D eigenvalue weighted by atomic mass is 32.2. The van der Waals surface area contributed by atoms with Gasteiger partial charge in [-0.3, -0.25) is 25.1 Å². The third-order valence-electron chi connectivity index (χ3n) is 13.1. The summed E-state index contributed by atoms with van der Waals surface area (Å²) in [6, 6.07) is 23.5. The Balaban J connectivity index is 1.42. The summed E-state index contributed by atoms with van der Waals surface area (Å²) in [5.74, 6) is -1.23. The second kappa shape index (κ2) is 25.2. The number of unbranched alkanes of at least 4 members (excludes halogenated alkanes) is 2. The largest absolute Gasteiger partial charge is 0.459 e. The number of nitro benzene ring substituents is 2. The summed E-state index contributed by atoms with van der Waals surface area (Å²) < 4.78 is 32.6. The number of ether oxygens (including phenoxy) is 5. The number of carbonyl (C=O) groups is 1. The number of thioether (sulfide) groups is 1. The summed E-state index contributed by atoms with van der Waals surface area (Å²) >= 11 is 1.62.